The van der Waals surface area contributed by atoms with Crippen LogP contribution in [0.1, 0.15) is 162 Å². The molecule has 23 nitrogen and oxygen atoms in total. The number of carbonyl (C=O) groups excluding carboxylic acids is 11. The number of nitrogens with zero attached hydrogens (tertiary/aromatic N) is 8. The third kappa shape index (κ3) is 18.8. The lowest BCUT2D eigenvalue weighted by Crippen LogP contribution is -2.65. The summed E-state index contributed by atoms with van der Waals surface area (Å²) < 4.78 is 77.7. The number of hydrogen-bond donors (Lipinski definition) is 3. The number of halogens is 5. The fourth-order valence-corrected chi connectivity index (χ4v) is 14.1. The van der Waals surface area contributed by atoms with Crippen molar-refractivity contribution in [3.8, 4) is 0 Å². The molecule has 556 valence electrons. The second-order valence-corrected chi connectivity index (χ2v) is 28.4. The van der Waals surface area contributed by atoms with Gasteiger partial charge in [0.05, 0.1) is 12.6 Å². The minimum absolute atomic E-state index is 0.0716. The first-order valence-electron chi connectivity index (χ1n) is 35.2. The molecule has 2 aromatic rings. The van der Waals surface area contributed by atoms with Crippen molar-refractivity contribution in [2.75, 3.05) is 68.0 Å². The Morgan fingerprint density at radius 1 is 0.670 bits per heavy atom. The summed E-state index contributed by atoms with van der Waals surface area (Å²) in [6, 6.07) is -2.86. The SMILES string of the molecule is CCO[C@@H]1C[C@H]2C(=O)NC3(CCCC3)C(=O)N(C)[C@@H]([C@@H](C)CC)C(=O)N(C)[C@H](C)CC(=O)N(C)[C@@H](CC(C)C)C(=O)N[C@@H]([C@@H](C)CC)C(=O)N(C)[C@@H](C)C(=O)N3CC[C@H]3C(=O)N(CC)[C@@H](Cc3ccc(C)cc3)C(=O)N(C)CC(=O)N[C@@H](CCc3cc(F)c(C(F)(F)F)c(F)c3)C(=O)N2C1. The summed E-state index contributed by atoms with van der Waals surface area (Å²) in [5.41, 5.74) is -2.57. The van der Waals surface area contributed by atoms with Gasteiger partial charge in [-0.2, -0.15) is 13.2 Å². The van der Waals surface area contributed by atoms with Crippen LogP contribution in [-0.4, -0.2) is 238 Å². The Kier molecular flexibility index (Phi) is 28.2. The summed E-state index contributed by atoms with van der Waals surface area (Å²) in [4.78, 5) is 175. The molecule has 0 radical (unpaired) electrons. The van der Waals surface area contributed by atoms with Crippen molar-refractivity contribution in [1.82, 2.24) is 55.1 Å². The normalized spacial score (nSPS) is 26.8. The molecule has 3 aliphatic heterocycles. The molecule has 100 heavy (non-hydrogen) atoms. The fraction of sp³-hybridized carbons (Fsp3) is 0.681. The van der Waals surface area contributed by atoms with E-state index in [4.69, 9.17) is 4.74 Å². The van der Waals surface area contributed by atoms with Gasteiger partial charge in [-0.3, -0.25) is 52.7 Å². The maximum Gasteiger partial charge on any atom is 0.422 e. The number of benzene rings is 2. The van der Waals surface area contributed by atoms with Crippen LogP contribution in [0, 0.1) is 36.3 Å². The van der Waals surface area contributed by atoms with Crippen molar-refractivity contribution in [2.24, 2.45) is 17.8 Å². The Morgan fingerprint density at radius 3 is 1.82 bits per heavy atom. The highest BCUT2D eigenvalue weighted by atomic mass is 19.4. The molecule has 0 bridgehead atoms. The Hall–Kier alpha value is -7.78. The highest BCUT2D eigenvalue weighted by molar-refractivity contribution is 6.00. The number of aryl methyl sites for hydroxylation is 2. The van der Waals surface area contributed by atoms with Crippen LogP contribution in [-0.2, 0) is 76.5 Å². The molecule has 1 spiro atoms. The van der Waals surface area contributed by atoms with E-state index in [2.05, 4.69) is 16.0 Å². The summed E-state index contributed by atoms with van der Waals surface area (Å²) in [7, 11) is 7.16. The van der Waals surface area contributed by atoms with E-state index < -0.39 is 186 Å². The van der Waals surface area contributed by atoms with Gasteiger partial charge < -0.3 is 59.9 Å². The second kappa shape index (κ2) is 34.7. The topological polar surface area (TPSA) is 259 Å². The number of nitrogens with one attached hydrogen (secondary N) is 3. The van der Waals surface area contributed by atoms with Crippen molar-refractivity contribution in [3.63, 3.8) is 0 Å². The fourth-order valence-electron chi connectivity index (χ4n) is 14.1. The Bertz CT molecular complexity index is 3270. The van der Waals surface area contributed by atoms with Crippen molar-refractivity contribution >= 4 is 65.0 Å². The van der Waals surface area contributed by atoms with Crippen LogP contribution in [0.25, 0.3) is 0 Å². The zero-order valence-electron chi connectivity index (χ0n) is 61.1. The van der Waals surface area contributed by atoms with Crippen LogP contribution < -0.4 is 16.0 Å². The first-order valence-corrected chi connectivity index (χ1v) is 35.2. The van der Waals surface area contributed by atoms with E-state index in [0.717, 1.165) is 15.4 Å². The van der Waals surface area contributed by atoms with Gasteiger partial charge in [-0.15, -0.1) is 0 Å². The van der Waals surface area contributed by atoms with Gasteiger partial charge in [-0.05, 0) is 114 Å². The lowest BCUT2D eigenvalue weighted by molar-refractivity contribution is -0.160. The third-order valence-electron chi connectivity index (χ3n) is 21.0. The summed E-state index contributed by atoms with van der Waals surface area (Å²) in [5, 5.41) is 8.55. The largest absolute Gasteiger partial charge is 0.422 e. The number of amides is 11. The van der Waals surface area contributed by atoms with Crippen molar-refractivity contribution in [2.45, 2.75) is 232 Å². The minimum Gasteiger partial charge on any atom is -0.377 e. The Balaban J connectivity index is 1.46. The molecular weight excluding hydrogens is 1310 g/mol. The van der Waals surface area contributed by atoms with Gasteiger partial charge in [-0.25, -0.2) is 8.78 Å². The number of likely N-dealkylation sites (N-methyl/N-ethyl adjacent to an activating group) is 6. The van der Waals surface area contributed by atoms with Crippen LogP contribution in [0.2, 0.25) is 0 Å². The predicted octanol–water partition coefficient (Wildman–Crippen LogP) is 6.04. The van der Waals surface area contributed by atoms with Crippen LogP contribution >= 0.6 is 0 Å². The van der Waals surface area contributed by atoms with Crippen molar-refractivity contribution < 1.29 is 79.4 Å². The number of hydrogen-bond acceptors (Lipinski definition) is 12. The molecule has 6 rings (SSSR count). The van der Waals surface area contributed by atoms with E-state index >= 15 is 37.5 Å². The highest BCUT2D eigenvalue weighted by Gasteiger charge is 2.52. The van der Waals surface area contributed by atoms with Crippen LogP contribution in [0.15, 0.2) is 36.4 Å². The van der Waals surface area contributed by atoms with Gasteiger partial charge >= 0.3 is 6.18 Å². The van der Waals surface area contributed by atoms with E-state index in [1.54, 1.807) is 46.8 Å². The van der Waals surface area contributed by atoms with E-state index in [1.165, 1.54) is 71.6 Å². The number of carbonyl (C=O) groups is 11. The second-order valence-electron chi connectivity index (χ2n) is 28.4. The van der Waals surface area contributed by atoms with Gasteiger partial charge in [0.25, 0.3) is 0 Å². The van der Waals surface area contributed by atoms with Gasteiger partial charge in [0.15, 0.2) is 0 Å². The third-order valence-corrected chi connectivity index (χ3v) is 21.0. The smallest absolute Gasteiger partial charge is 0.377 e. The summed E-state index contributed by atoms with van der Waals surface area (Å²) in [6.45, 7) is 18.5. The van der Waals surface area contributed by atoms with Gasteiger partial charge in [0.2, 0.25) is 65.0 Å². The zero-order valence-corrected chi connectivity index (χ0v) is 61.1. The van der Waals surface area contributed by atoms with E-state index in [0.29, 0.717) is 43.4 Å². The standard InChI is InChI=1S/C72H106F5N11O12/c1-17-43(8)60-68(97)83(14)46(11)64(93)87-32-29-53(87)67(96)86(19-3)56(37-47-25-23-42(7)24-26-47)66(95)81(12)40-57(89)78-52(28-27-48-35-50(73)59(51(74)36-48)72(75,76)77)65(94)88-39-49(100-20-4)38-55(88)63(92)80-71(30-21-22-31-71)70(99)85(16)61(44(9)18-2)69(98)82(13)45(10)34-58(90)84(15)54(33-41(5)6)62(91)79-60/h23-26,35-36,41,43-46,49,52-56,60-61H,17-22,27-34,37-40H2,1-16H3,(H,78,89)(H,79,91)(H,80,92)/t43-,44-,45+,46-,49+,52-,53-,54-,55-,56-,60-,61-/m0/s1. The van der Waals surface area contributed by atoms with E-state index in [-0.39, 0.29) is 82.7 Å². The number of alkyl halides is 3. The van der Waals surface area contributed by atoms with Gasteiger partial charge in [0, 0.05) is 86.8 Å². The maximum atomic E-state index is 15.4. The summed E-state index contributed by atoms with van der Waals surface area (Å²) in [5.74, 6) is -12.5. The average Bonchev–Trinajstić information content (AvgIpc) is 1.45. The Labute approximate surface area is 585 Å². The summed E-state index contributed by atoms with van der Waals surface area (Å²) >= 11 is 0. The minimum atomic E-state index is -5.40. The first kappa shape index (κ1) is 81.2. The molecule has 0 aromatic heterocycles. The molecule has 12 atom stereocenters. The van der Waals surface area contributed by atoms with Crippen LogP contribution in [0.5, 0.6) is 0 Å². The van der Waals surface area contributed by atoms with Gasteiger partial charge in [-0.1, -0.05) is 97.1 Å². The first-order chi connectivity index (χ1) is 46.9. The predicted molar refractivity (Wildman–Crippen MR) is 363 cm³/mol. The molecule has 4 aliphatic rings. The molecule has 2 aromatic carbocycles. The molecule has 3 heterocycles. The lowest BCUT2D eigenvalue weighted by atomic mass is 9.90. The monoisotopic (exact) mass is 1410 g/mol. The highest BCUT2D eigenvalue weighted by Crippen LogP contribution is 2.37. The van der Waals surface area contributed by atoms with E-state index in [1.807, 2.05) is 46.8 Å². The van der Waals surface area contributed by atoms with Crippen molar-refractivity contribution in [1.29, 1.82) is 0 Å². The Morgan fingerprint density at radius 2 is 1.28 bits per heavy atom. The molecule has 1 aliphatic carbocycles. The molecule has 1 saturated carbocycles. The van der Waals surface area contributed by atoms with Crippen LogP contribution in [0.4, 0.5) is 22.0 Å². The van der Waals surface area contributed by atoms with Crippen molar-refractivity contribution in [3.05, 3.63) is 70.3 Å². The molecule has 4 fully saturated rings. The number of ether oxygens (including phenoxy) is 1. The average molecular weight is 1410 g/mol. The molecule has 11 amide bonds. The molecule has 0 unspecified atom stereocenters. The molecular formula is C72H106F5N11O12. The summed E-state index contributed by atoms with van der Waals surface area (Å²) in [6.07, 6.45) is -5.33. The zero-order chi connectivity index (χ0) is 74.7. The molecule has 3 N–H and O–H groups in total. The van der Waals surface area contributed by atoms with E-state index in [9.17, 15) is 37.1 Å². The molecule has 3 saturated heterocycles. The number of fused-ring (bicyclic) bond motifs is 2. The molecule has 28 heteroatoms. The quantitative estimate of drug-likeness (QED) is 0.183. The van der Waals surface area contributed by atoms with Crippen LogP contribution in [0.3, 0.4) is 0 Å². The maximum absolute atomic E-state index is 15.4. The lowest BCUT2D eigenvalue weighted by Gasteiger charge is -2.45. The number of rotatable bonds is 14. The van der Waals surface area contributed by atoms with Gasteiger partial charge in [0.1, 0.15) is 71.1 Å².